The van der Waals surface area contributed by atoms with Gasteiger partial charge in [-0.05, 0) is 13.8 Å². The highest BCUT2D eigenvalue weighted by Crippen LogP contribution is 2.19. The monoisotopic (exact) mass is 384 g/mol. The Morgan fingerprint density at radius 2 is 1.65 bits per heavy atom. The Bertz CT molecular complexity index is 755. The van der Waals surface area contributed by atoms with Gasteiger partial charge in [0.05, 0.1) is 12.2 Å². The standard InChI is InChI=1S/C15H24N6O4S/c1-11-9-21(10-12(2)25-11)26(23,24)20-7-5-19(6-8-20)15(22)13-14(16)18-4-3-17-13/h3-4,11-12H,5-10H2,1-2H3,(H2,16,18)/t11-,12-/m1/s1. The molecule has 2 aliphatic heterocycles. The maximum Gasteiger partial charge on any atom is 0.282 e. The Labute approximate surface area is 153 Å². The Morgan fingerprint density at radius 3 is 2.23 bits per heavy atom. The first-order chi connectivity index (χ1) is 12.3. The first-order valence-electron chi connectivity index (χ1n) is 8.55. The van der Waals surface area contributed by atoms with Crippen molar-refractivity contribution in [1.29, 1.82) is 0 Å². The number of anilines is 1. The lowest BCUT2D eigenvalue weighted by atomic mass is 10.3. The molecule has 1 amide bonds. The lowest BCUT2D eigenvalue weighted by molar-refractivity contribution is -0.0457. The van der Waals surface area contributed by atoms with Crippen LogP contribution in [0.15, 0.2) is 12.4 Å². The molecular weight excluding hydrogens is 360 g/mol. The number of morpholine rings is 1. The molecule has 2 N–H and O–H groups in total. The maximum absolute atomic E-state index is 12.9. The second-order valence-electron chi connectivity index (χ2n) is 6.56. The number of hydrogen-bond acceptors (Lipinski definition) is 7. The molecule has 0 aliphatic carbocycles. The van der Waals surface area contributed by atoms with Crippen LogP contribution in [0.1, 0.15) is 24.3 Å². The van der Waals surface area contributed by atoms with E-state index in [4.69, 9.17) is 10.5 Å². The number of carbonyl (C=O) groups is 1. The van der Waals surface area contributed by atoms with Crippen molar-refractivity contribution >= 4 is 21.9 Å². The van der Waals surface area contributed by atoms with Gasteiger partial charge in [-0.25, -0.2) is 9.97 Å². The number of hydrogen-bond donors (Lipinski definition) is 1. The summed E-state index contributed by atoms with van der Waals surface area (Å²) in [5.41, 5.74) is 5.80. The second kappa shape index (κ2) is 7.43. The number of piperazine rings is 1. The number of amides is 1. The van der Waals surface area contributed by atoms with Crippen LogP contribution in [0.5, 0.6) is 0 Å². The summed E-state index contributed by atoms with van der Waals surface area (Å²) in [6.45, 7) is 5.42. The number of nitrogens with two attached hydrogens (primary N) is 1. The molecular formula is C15H24N6O4S. The summed E-state index contributed by atoms with van der Waals surface area (Å²) in [5, 5.41) is 0. The molecule has 0 saturated carbocycles. The average Bonchev–Trinajstić information content (AvgIpc) is 2.61. The predicted octanol–water partition coefficient (Wildman–Crippen LogP) is -0.829. The van der Waals surface area contributed by atoms with E-state index in [0.29, 0.717) is 13.1 Å². The Morgan fingerprint density at radius 1 is 1.08 bits per heavy atom. The van der Waals surface area contributed by atoms with E-state index in [1.54, 1.807) is 4.90 Å². The molecule has 144 valence electrons. The summed E-state index contributed by atoms with van der Waals surface area (Å²) >= 11 is 0. The zero-order valence-electron chi connectivity index (χ0n) is 14.9. The SMILES string of the molecule is C[C@@H]1CN(S(=O)(=O)N2CCN(C(=O)c3nccnc3N)CC2)C[C@@H](C)O1. The van der Waals surface area contributed by atoms with E-state index >= 15 is 0 Å². The van der Waals surface area contributed by atoms with Crippen molar-refractivity contribution in [3.63, 3.8) is 0 Å². The summed E-state index contributed by atoms with van der Waals surface area (Å²) in [6, 6.07) is 0. The van der Waals surface area contributed by atoms with Crippen LogP contribution in [-0.2, 0) is 14.9 Å². The van der Waals surface area contributed by atoms with Crippen LogP contribution in [0.25, 0.3) is 0 Å². The van der Waals surface area contributed by atoms with Gasteiger partial charge >= 0.3 is 0 Å². The first kappa shape index (κ1) is 19.0. The molecule has 1 aromatic heterocycles. The number of rotatable bonds is 3. The van der Waals surface area contributed by atoms with Gasteiger partial charge in [-0.2, -0.15) is 17.0 Å². The minimum atomic E-state index is -3.58. The second-order valence-corrected chi connectivity index (χ2v) is 8.49. The topological polar surface area (TPSA) is 122 Å². The van der Waals surface area contributed by atoms with Crippen molar-refractivity contribution < 1.29 is 17.9 Å². The van der Waals surface area contributed by atoms with E-state index in [0.717, 1.165) is 0 Å². The molecule has 2 aliphatic rings. The Balaban J connectivity index is 1.64. The first-order valence-corrected chi connectivity index (χ1v) is 9.95. The quantitative estimate of drug-likeness (QED) is 0.722. The summed E-state index contributed by atoms with van der Waals surface area (Å²) < 4.78 is 34.3. The normalized spacial score (nSPS) is 26.0. The largest absolute Gasteiger partial charge is 0.382 e. The van der Waals surface area contributed by atoms with Crippen molar-refractivity contribution in [2.75, 3.05) is 45.0 Å². The van der Waals surface area contributed by atoms with Crippen molar-refractivity contribution in [3.8, 4) is 0 Å². The van der Waals surface area contributed by atoms with E-state index < -0.39 is 10.2 Å². The van der Waals surface area contributed by atoms with E-state index in [-0.39, 0.29) is 55.8 Å². The summed E-state index contributed by atoms with van der Waals surface area (Å²) in [5.74, 6) is -0.259. The zero-order chi connectivity index (χ0) is 18.9. The molecule has 11 heteroatoms. The summed E-state index contributed by atoms with van der Waals surface area (Å²) in [4.78, 5) is 21.9. The Hall–Kier alpha value is -1.82. The summed E-state index contributed by atoms with van der Waals surface area (Å²) in [7, 11) is -3.58. The zero-order valence-corrected chi connectivity index (χ0v) is 15.7. The van der Waals surface area contributed by atoms with E-state index in [9.17, 15) is 13.2 Å². The highest BCUT2D eigenvalue weighted by Gasteiger charge is 2.37. The molecule has 3 heterocycles. The van der Waals surface area contributed by atoms with Crippen molar-refractivity contribution in [1.82, 2.24) is 23.5 Å². The molecule has 0 aromatic carbocycles. The van der Waals surface area contributed by atoms with Crippen LogP contribution in [0.4, 0.5) is 5.82 Å². The summed E-state index contributed by atoms with van der Waals surface area (Å²) in [6.07, 6.45) is 2.54. The van der Waals surface area contributed by atoms with Crippen LogP contribution >= 0.6 is 0 Å². The highest BCUT2D eigenvalue weighted by molar-refractivity contribution is 7.86. The predicted molar refractivity (Wildman–Crippen MR) is 94.4 cm³/mol. The third-order valence-electron chi connectivity index (χ3n) is 4.49. The van der Waals surface area contributed by atoms with Gasteiger partial charge in [-0.3, -0.25) is 4.79 Å². The molecule has 0 radical (unpaired) electrons. The minimum Gasteiger partial charge on any atom is -0.382 e. The van der Waals surface area contributed by atoms with Gasteiger partial charge in [0.15, 0.2) is 11.5 Å². The van der Waals surface area contributed by atoms with Crippen LogP contribution in [-0.4, -0.2) is 89.3 Å². The van der Waals surface area contributed by atoms with Crippen LogP contribution in [0.3, 0.4) is 0 Å². The number of nitrogen functional groups attached to an aromatic ring is 1. The van der Waals surface area contributed by atoms with Crippen molar-refractivity contribution in [3.05, 3.63) is 18.1 Å². The number of nitrogens with zero attached hydrogens (tertiary/aromatic N) is 5. The average molecular weight is 384 g/mol. The third kappa shape index (κ3) is 3.80. The van der Waals surface area contributed by atoms with Crippen LogP contribution < -0.4 is 5.73 Å². The van der Waals surface area contributed by atoms with Crippen molar-refractivity contribution in [2.45, 2.75) is 26.1 Å². The molecule has 3 rings (SSSR count). The van der Waals surface area contributed by atoms with Crippen LogP contribution in [0.2, 0.25) is 0 Å². The number of ether oxygens (including phenoxy) is 1. The fourth-order valence-electron chi connectivity index (χ4n) is 3.27. The van der Waals surface area contributed by atoms with Gasteiger partial charge in [-0.15, -0.1) is 0 Å². The van der Waals surface area contributed by atoms with E-state index in [1.807, 2.05) is 13.8 Å². The molecule has 1 aromatic rings. The lowest BCUT2D eigenvalue weighted by Gasteiger charge is -2.40. The van der Waals surface area contributed by atoms with Gasteiger partial charge in [0.2, 0.25) is 0 Å². The molecule has 2 atom stereocenters. The van der Waals surface area contributed by atoms with Gasteiger partial charge in [0.25, 0.3) is 16.1 Å². The molecule has 0 unspecified atom stereocenters. The highest BCUT2D eigenvalue weighted by atomic mass is 32.2. The van der Waals surface area contributed by atoms with Gasteiger partial charge in [0, 0.05) is 51.7 Å². The fraction of sp³-hybridized carbons (Fsp3) is 0.667. The molecule has 26 heavy (non-hydrogen) atoms. The van der Waals surface area contributed by atoms with E-state index in [1.165, 1.54) is 21.0 Å². The van der Waals surface area contributed by atoms with Gasteiger partial charge in [-0.1, -0.05) is 0 Å². The smallest absolute Gasteiger partial charge is 0.282 e. The van der Waals surface area contributed by atoms with Crippen LogP contribution in [0, 0.1) is 0 Å². The van der Waals surface area contributed by atoms with Gasteiger partial charge in [0.1, 0.15) is 0 Å². The number of carbonyl (C=O) groups excluding carboxylic acids is 1. The molecule has 0 spiro atoms. The maximum atomic E-state index is 12.9. The Kier molecular flexibility index (Phi) is 5.42. The fourth-order valence-corrected chi connectivity index (χ4v) is 5.02. The van der Waals surface area contributed by atoms with E-state index in [2.05, 4.69) is 9.97 Å². The lowest BCUT2D eigenvalue weighted by Crippen LogP contribution is -2.57. The third-order valence-corrected chi connectivity index (χ3v) is 6.46. The van der Waals surface area contributed by atoms with Gasteiger partial charge < -0.3 is 15.4 Å². The molecule has 2 saturated heterocycles. The number of aromatic nitrogens is 2. The van der Waals surface area contributed by atoms with Crippen molar-refractivity contribution in [2.24, 2.45) is 0 Å². The molecule has 2 fully saturated rings. The molecule has 0 bridgehead atoms. The molecule has 10 nitrogen and oxygen atoms in total. The minimum absolute atomic E-state index is 0.0730.